The van der Waals surface area contributed by atoms with E-state index in [0.29, 0.717) is 6.04 Å². The normalized spacial score (nSPS) is 26.6. The van der Waals surface area contributed by atoms with Crippen LogP contribution < -0.4 is 5.32 Å². The number of rotatable bonds is 2. The molecule has 0 spiro atoms. The molecule has 1 aliphatic heterocycles. The largest absolute Gasteiger partial charge is 0.309 e. The van der Waals surface area contributed by atoms with Gasteiger partial charge in [-0.05, 0) is 40.2 Å². The molecule has 14 heavy (non-hydrogen) atoms. The Bertz CT molecular complexity index is 227. The monoisotopic (exact) mass is 216 g/mol. The Kier molecular flexibility index (Phi) is 4.26. The van der Waals surface area contributed by atoms with Crippen LogP contribution in [0.1, 0.15) is 40.0 Å². The van der Waals surface area contributed by atoms with Crippen molar-refractivity contribution in [3.8, 4) is 0 Å². The molecular formula is C10H20N2OS. The van der Waals surface area contributed by atoms with Crippen LogP contribution in [0.3, 0.4) is 0 Å². The minimum atomic E-state index is -1.11. The third-order valence-electron chi connectivity index (χ3n) is 2.21. The molecule has 1 rings (SSSR count). The summed E-state index contributed by atoms with van der Waals surface area (Å²) in [5, 5.41) is 3.34. The Balaban J connectivity index is 2.42. The Labute approximate surface area is 89.0 Å². The molecule has 2 atom stereocenters. The highest BCUT2D eigenvalue weighted by molar-refractivity contribution is 7.85. The van der Waals surface area contributed by atoms with E-state index < -0.39 is 11.0 Å². The summed E-state index contributed by atoms with van der Waals surface area (Å²) in [5.74, 6) is 0. The molecule has 0 aromatic carbocycles. The second kappa shape index (κ2) is 5.03. The highest BCUT2D eigenvalue weighted by Gasteiger charge is 2.19. The summed E-state index contributed by atoms with van der Waals surface area (Å²) in [6, 6.07) is 0.329. The molecular weight excluding hydrogens is 196 g/mol. The maximum Gasteiger partial charge on any atom is 0.144 e. The molecule has 0 aromatic heterocycles. The molecule has 2 unspecified atom stereocenters. The van der Waals surface area contributed by atoms with Crippen LogP contribution in [0, 0.1) is 0 Å². The van der Waals surface area contributed by atoms with Gasteiger partial charge >= 0.3 is 0 Å². The van der Waals surface area contributed by atoms with Gasteiger partial charge in [-0.3, -0.25) is 0 Å². The first-order valence-electron chi connectivity index (χ1n) is 5.20. The van der Waals surface area contributed by atoms with Gasteiger partial charge in [-0.25, -0.2) is 4.21 Å². The van der Waals surface area contributed by atoms with Crippen molar-refractivity contribution in [3.05, 3.63) is 0 Å². The summed E-state index contributed by atoms with van der Waals surface area (Å²) in [6.45, 7) is 6.87. The van der Waals surface area contributed by atoms with Crippen LogP contribution in [-0.2, 0) is 11.0 Å². The smallest absolute Gasteiger partial charge is 0.144 e. The van der Waals surface area contributed by atoms with Gasteiger partial charge in [-0.15, -0.1) is 0 Å². The highest BCUT2D eigenvalue weighted by Crippen LogP contribution is 2.12. The van der Waals surface area contributed by atoms with Crippen molar-refractivity contribution in [2.75, 3.05) is 6.54 Å². The second-order valence-corrected chi connectivity index (χ2v) is 6.61. The van der Waals surface area contributed by atoms with Gasteiger partial charge in [-0.2, -0.15) is 4.40 Å². The summed E-state index contributed by atoms with van der Waals surface area (Å²) in [6.07, 6.45) is 5.42. The predicted molar refractivity (Wildman–Crippen MR) is 62.0 cm³/mol. The van der Waals surface area contributed by atoms with Crippen LogP contribution in [-0.4, -0.2) is 27.8 Å². The van der Waals surface area contributed by atoms with Crippen molar-refractivity contribution in [2.24, 2.45) is 4.40 Å². The van der Waals surface area contributed by atoms with E-state index in [1.165, 1.54) is 12.8 Å². The van der Waals surface area contributed by atoms with Gasteiger partial charge in [0.25, 0.3) is 0 Å². The van der Waals surface area contributed by atoms with Crippen molar-refractivity contribution < 1.29 is 4.21 Å². The average molecular weight is 216 g/mol. The van der Waals surface area contributed by atoms with Gasteiger partial charge in [0.15, 0.2) is 0 Å². The average Bonchev–Trinajstić information content (AvgIpc) is 2.14. The Morgan fingerprint density at radius 1 is 1.43 bits per heavy atom. The molecule has 0 saturated carbocycles. The summed E-state index contributed by atoms with van der Waals surface area (Å²) in [7, 11) is -1.11. The third-order valence-corrected chi connectivity index (χ3v) is 3.57. The molecule has 1 fully saturated rings. The topological polar surface area (TPSA) is 41.5 Å². The van der Waals surface area contributed by atoms with E-state index in [-0.39, 0.29) is 4.75 Å². The summed E-state index contributed by atoms with van der Waals surface area (Å²) in [4.78, 5) is 0. The molecule has 0 bridgehead atoms. The van der Waals surface area contributed by atoms with Crippen molar-refractivity contribution in [2.45, 2.75) is 50.8 Å². The number of nitrogens with one attached hydrogen (secondary N) is 1. The SMILES string of the molecule is CC(C)(C)S(=O)/N=C/C1CCCCN1. The fraction of sp³-hybridized carbons (Fsp3) is 0.900. The zero-order valence-corrected chi connectivity index (χ0v) is 10.1. The van der Waals surface area contributed by atoms with E-state index in [1.54, 1.807) is 0 Å². The van der Waals surface area contributed by atoms with E-state index in [2.05, 4.69) is 9.71 Å². The lowest BCUT2D eigenvalue weighted by molar-refractivity contribution is 0.476. The second-order valence-electron chi connectivity index (χ2n) is 4.67. The molecule has 3 nitrogen and oxygen atoms in total. The highest BCUT2D eigenvalue weighted by atomic mass is 32.2. The van der Waals surface area contributed by atoms with Crippen LogP contribution in [0.5, 0.6) is 0 Å². The molecule has 0 aliphatic carbocycles. The number of nitrogens with zero attached hydrogens (tertiary/aromatic N) is 1. The first kappa shape index (κ1) is 11.9. The minimum Gasteiger partial charge on any atom is -0.309 e. The zero-order chi connectivity index (χ0) is 10.6. The summed E-state index contributed by atoms with van der Waals surface area (Å²) >= 11 is 0. The quantitative estimate of drug-likeness (QED) is 0.713. The molecule has 4 heteroatoms. The number of hydrogen-bond acceptors (Lipinski definition) is 2. The van der Waals surface area contributed by atoms with E-state index in [0.717, 1.165) is 13.0 Å². The van der Waals surface area contributed by atoms with Crippen LogP contribution in [0.4, 0.5) is 0 Å². The zero-order valence-electron chi connectivity index (χ0n) is 9.25. The lowest BCUT2D eigenvalue weighted by atomic mass is 10.1. The first-order chi connectivity index (χ1) is 6.50. The fourth-order valence-electron chi connectivity index (χ4n) is 1.29. The maximum atomic E-state index is 11.6. The Morgan fingerprint density at radius 3 is 2.64 bits per heavy atom. The van der Waals surface area contributed by atoms with Crippen molar-refractivity contribution in [1.29, 1.82) is 0 Å². The lowest BCUT2D eigenvalue weighted by Crippen LogP contribution is -2.35. The van der Waals surface area contributed by atoms with Crippen molar-refractivity contribution in [1.82, 2.24) is 5.32 Å². The number of piperidine rings is 1. The van der Waals surface area contributed by atoms with Gasteiger partial charge in [0, 0.05) is 12.3 Å². The molecule has 1 heterocycles. The molecule has 1 saturated heterocycles. The molecule has 0 radical (unpaired) electrons. The van der Waals surface area contributed by atoms with Crippen LogP contribution in [0.15, 0.2) is 4.40 Å². The van der Waals surface area contributed by atoms with Crippen LogP contribution in [0.2, 0.25) is 0 Å². The summed E-state index contributed by atoms with van der Waals surface area (Å²) in [5.41, 5.74) is 0. The predicted octanol–water partition coefficient (Wildman–Crippen LogP) is 1.66. The standard InChI is InChI=1S/C10H20N2OS/c1-10(2,3)14(13)12-8-9-6-4-5-7-11-9/h8-9,11H,4-7H2,1-3H3/b12-8+. The van der Waals surface area contributed by atoms with Crippen LogP contribution >= 0.6 is 0 Å². The van der Waals surface area contributed by atoms with E-state index >= 15 is 0 Å². The molecule has 82 valence electrons. The fourth-order valence-corrected chi connectivity index (χ4v) is 1.87. The van der Waals surface area contributed by atoms with E-state index in [9.17, 15) is 4.21 Å². The Hall–Kier alpha value is -0.220. The van der Waals surface area contributed by atoms with Gasteiger partial charge in [-0.1, -0.05) is 6.42 Å². The Morgan fingerprint density at radius 2 is 2.14 bits per heavy atom. The number of hydrogen-bond donors (Lipinski definition) is 1. The van der Waals surface area contributed by atoms with E-state index in [4.69, 9.17) is 0 Å². The van der Waals surface area contributed by atoms with Gasteiger partial charge in [0.05, 0.1) is 4.75 Å². The van der Waals surface area contributed by atoms with Gasteiger partial charge in [0.2, 0.25) is 0 Å². The molecule has 0 aromatic rings. The third kappa shape index (κ3) is 3.88. The van der Waals surface area contributed by atoms with E-state index in [1.807, 2.05) is 27.0 Å². The van der Waals surface area contributed by atoms with Gasteiger partial charge in [0.1, 0.15) is 11.0 Å². The lowest BCUT2D eigenvalue weighted by Gasteiger charge is -2.20. The summed E-state index contributed by atoms with van der Waals surface area (Å²) < 4.78 is 15.5. The van der Waals surface area contributed by atoms with Crippen molar-refractivity contribution >= 4 is 17.2 Å². The van der Waals surface area contributed by atoms with Gasteiger partial charge < -0.3 is 5.32 Å². The molecule has 1 aliphatic rings. The van der Waals surface area contributed by atoms with Crippen LogP contribution in [0.25, 0.3) is 0 Å². The molecule has 0 amide bonds. The maximum absolute atomic E-state index is 11.6. The minimum absolute atomic E-state index is 0.245. The first-order valence-corrected chi connectivity index (χ1v) is 6.30. The molecule has 1 N–H and O–H groups in total. The van der Waals surface area contributed by atoms with Crippen molar-refractivity contribution in [3.63, 3.8) is 0 Å².